The molecule has 0 aromatic carbocycles. The van der Waals surface area contributed by atoms with Crippen LogP contribution in [0.4, 0.5) is 0 Å². The third kappa shape index (κ3) is 2.78. The summed E-state index contributed by atoms with van der Waals surface area (Å²) in [4.78, 5) is 22.2. The van der Waals surface area contributed by atoms with Crippen LogP contribution < -0.4 is 4.74 Å². The summed E-state index contributed by atoms with van der Waals surface area (Å²) < 4.78 is 5.31. The van der Waals surface area contributed by atoms with Crippen LogP contribution >= 0.6 is 0 Å². The van der Waals surface area contributed by atoms with Gasteiger partial charge in [0.05, 0.1) is 29.7 Å². The molecule has 6 heteroatoms. The minimum absolute atomic E-state index is 0.450. The summed E-state index contributed by atoms with van der Waals surface area (Å²) in [5.74, 6) is 0.450. The van der Waals surface area contributed by atoms with E-state index in [2.05, 4.69) is 19.9 Å². The molecule has 0 saturated carbocycles. The quantitative estimate of drug-likeness (QED) is 0.573. The number of pyridine rings is 3. The summed E-state index contributed by atoms with van der Waals surface area (Å²) >= 11 is 0. The van der Waals surface area contributed by atoms with Crippen molar-refractivity contribution in [1.29, 1.82) is 0 Å². The van der Waals surface area contributed by atoms with Crippen LogP contribution in [0.25, 0.3) is 33.7 Å². The number of methoxy groups -OCH3 is 1. The van der Waals surface area contributed by atoms with E-state index < -0.39 is 0 Å². The molecule has 0 bridgehead atoms. The number of ether oxygens (including phenoxy) is 1. The number of aromatic nitrogens is 5. The molecule has 0 fully saturated rings. The molecule has 4 heterocycles. The first-order valence-corrected chi connectivity index (χ1v) is 7.81. The van der Waals surface area contributed by atoms with E-state index in [4.69, 9.17) is 9.72 Å². The van der Waals surface area contributed by atoms with Crippen molar-refractivity contribution < 1.29 is 4.74 Å². The SMILES string of the molecule is COc1ncnc2ccc(-c3cccnc3-c3cccc(C)n3)nc12. The second-order valence-corrected chi connectivity index (χ2v) is 5.51. The molecular weight excluding hydrogens is 314 g/mol. The van der Waals surface area contributed by atoms with E-state index in [0.717, 1.165) is 33.9 Å². The van der Waals surface area contributed by atoms with Crippen molar-refractivity contribution >= 4 is 11.0 Å². The lowest BCUT2D eigenvalue weighted by Gasteiger charge is -2.09. The van der Waals surface area contributed by atoms with Crippen LogP contribution in [-0.2, 0) is 0 Å². The predicted molar refractivity (Wildman–Crippen MR) is 95.1 cm³/mol. The van der Waals surface area contributed by atoms with E-state index in [1.165, 1.54) is 6.33 Å². The molecule has 0 unspecified atom stereocenters. The van der Waals surface area contributed by atoms with Crippen LogP contribution in [0.15, 0.2) is 55.0 Å². The molecule has 0 aliphatic heterocycles. The Morgan fingerprint density at radius 2 is 1.76 bits per heavy atom. The number of rotatable bonds is 3. The van der Waals surface area contributed by atoms with Crippen molar-refractivity contribution in [2.75, 3.05) is 7.11 Å². The third-order valence-electron chi connectivity index (χ3n) is 3.86. The second-order valence-electron chi connectivity index (χ2n) is 5.51. The first-order chi connectivity index (χ1) is 12.3. The van der Waals surface area contributed by atoms with Crippen molar-refractivity contribution in [3.63, 3.8) is 0 Å². The maximum Gasteiger partial charge on any atom is 0.243 e. The van der Waals surface area contributed by atoms with Gasteiger partial charge in [-0.25, -0.2) is 9.97 Å². The summed E-state index contributed by atoms with van der Waals surface area (Å²) in [5.41, 5.74) is 5.56. The molecule has 0 N–H and O–H groups in total. The molecule has 4 aromatic heterocycles. The first-order valence-electron chi connectivity index (χ1n) is 7.81. The Hall–Kier alpha value is -3.41. The van der Waals surface area contributed by atoms with Crippen molar-refractivity contribution in [2.24, 2.45) is 0 Å². The summed E-state index contributed by atoms with van der Waals surface area (Å²) in [6.07, 6.45) is 3.22. The zero-order valence-corrected chi connectivity index (χ0v) is 13.8. The maximum absolute atomic E-state index is 5.31. The molecule has 0 aliphatic rings. The van der Waals surface area contributed by atoms with Gasteiger partial charge in [0, 0.05) is 17.5 Å². The lowest BCUT2D eigenvalue weighted by atomic mass is 10.1. The van der Waals surface area contributed by atoms with Crippen molar-refractivity contribution in [1.82, 2.24) is 24.9 Å². The molecule has 0 saturated heterocycles. The van der Waals surface area contributed by atoms with Gasteiger partial charge in [0.2, 0.25) is 5.88 Å². The number of fused-ring (bicyclic) bond motifs is 1. The molecule has 122 valence electrons. The highest BCUT2D eigenvalue weighted by Gasteiger charge is 2.13. The molecule has 0 radical (unpaired) electrons. The average Bonchev–Trinajstić information content (AvgIpc) is 2.67. The highest BCUT2D eigenvalue weighted by Crippen LogP contribution is 2.30. The van der Waals surface area contributed by atoms with Gasteiger partial charge in [-0.2, -0.15) is 4.98 Å². The fourth-order valence-corrected chi connectivity index (χ4v) is 2.71. The molecule has 25 heavy (non-hydrogen) atoms. The average molecular weight is 329 g/mol. The Bertz CT molecular complexity index is 1060. The van der Waals surface area contributed by atoms with Gasteiger partial charge in [-0.1, -0.05) is 6.07 Å². The smallest absolute Gasteiger partial charge is 0.243 e. The van der Waals surface area contributed by atoms with Gasteiger partial charge in [0.15, 0.2) is 5.52 Å². The van der Waals surface area contributed by atoms with Crippen LogP contribution in [0.3, 0.4) is 0 Å². The van der Waals surface area contributed by atoms with Gasteiger partial charge in [0.25, 0.3) is 0 Å². The Morgan fingerprint density at radius 1 is 0.840 bits per heavy atom. The van der Waals surface area contributed by atoms with E-state index in [-0.39, 0.29) is 0 Å². The van der Waals surface area contributed by atoms with Gasteiger partial charge in [0.1, 0.15) is 6.33 Å². The molecular formula is C19H15N5O. The summed E-state index contributed by atoms with van der Waals surface area (Å²) in [5, 5.41) is 0. The highest BCUT2D eigenvalue weighted by atomic mass is 16.5. The van der Waals surface area contributed by atoms with Crippen molar-refractivity contribution in [3.8, 4) is 28.5 Å². The van der Waals surface area contributed by atoms with Crippen LogP contribution in [-0.4, -0.2) is 32.0 Å². The fraction of sp³-hybridized carbons (Fsp3) is 0.105. The number of aryl methyl sites for hydroxylation is 1. The van der Waals surface area contributed by atoms with Gasteiger partial charge in [-0.3, -0.25) is 9.97 Å². The summed E-state index contributed by atoms with van der Waals surface area (Å²) in [6, 6.07) is 13.6. The molecule has 4 aromatic rings. The highest BCUT2D eigenvalue weighted by molar-refractivity contribution is 5.84. The zero-order chi connectivity index (χ0) is 17.2. The molecule has 0 spiro atoms. The van der Waals surface area contributed by atoms with Crippen LogP contribution in [0, 0.1) is 6.92 Å². The standard InChI is InChI=1S/C19H15N5O/c1-12-5-3-7-16(23-12)17-13(6-4-10-20-17)14-8-9-15-18(24-14)19(25-2)22-11-21-15/h3-11H,1-2H3. The van der Waals surface area contributed by atoms with Gasteiger partial charge >= 0.3 is 0 Å². The van der Waals surface area contributed by atoms with E-state index >= 15 is 0 Å². The normalized spacial score (nSPS) is 10.8. The Labute approximate surface area is 144 Å². The minimum atomic E-state index is 0.450. The largest absolute Gasteiger partial charge is 0.479 e. The lowest BCUT2D eigenvalue weighted by molar-refractivity contribution is 0.401. The molecule has 0 atom stereocenters. The molecule has 4 rings (SSSR count). The van der Waals surface area contributed by atoms with E-state index in [1.807, 2.05) is 49.4 Å². The van der Waals surface area contributed by atoms with Gasteiger partial charge in [-0.15, -0.1) is 0 Å². The van der Waals surface area contributed by atoms with E-state index in [1.54, 1.807) is 13.3 Å². The fourth-order valence-electron chi connectivity index (χ4n) is 2.71. The number of hydrogen-bond acceptors (Lipinski definition) is 6. The zero-order valence-electron chi connectivity index (χ0n) is 13.8. The Balaban J connectivity index is 1.92. The second kappa shape index (κ2) is 6.24. The van der Waals surface area contributed by atoms with E-state index in [9.17, 15) is 0 Å². The van der Waals surface area contributed by atoms with E-state index in [0.29, 0.717) is 11.4 Å². The minimum Gasteiger partial charge on any atom is -0.479 e. The van der Waals surface area contributed by atoms with Crippen LogP contribution in [0.5, 0.6) is 5.88 Å². The molecule has 0 aliphatic carbocycles. The van der Waals surface area contributed by atoms with Crippen molar-refractivity contribution in [3.05, 3.63) is 60.7 Å². The topological polar surface area (TPSA) is 73.7 Å². The number of nitrogens with zero attached hydrogens (tertiary/aromatic N) is 5. The van der Waals surface area contributed by atoms with Gasteiger partial charge in [-0.05, 0) is 43.3 Å². The predicted octanol–water partition coefficient (Wildman–Crippen LogP) is 3.47. The van der Waals surface area contributed by atoms with Gasteiger partial charge < -0.3 is 4.74 Å². The Morgan fingerprint density at radius 3 is 2.60 bits per heavy atom. The lowest BCUT2D eigenvalue weighted by Crippen LogP contribution is -1.97. The summed E-state index contributed by atoms with van der Waals surface area (Å²) in [6.45, 7) is 1.96. The Kier molecular flexibility index (Phi) is 3.78. The number of hydrogen-bond donors (Lipinski definition) is 0. The maximum atomic E-state index is 5.31. The van der Waals surface area contributed by atoms with Crippen LogP contribution in [0.2, 0.25) is 0 Å². The van der Waals surface area contributed by atoms with Crippen molar-refractivity contribution in [2.45, 2.75) is 6.92 Å². The van der Waals surface area contributed by atoms with Crippen LogP contribution in [0.1, 0.15) is 5.69 Å². The molecule has 0 amide bonds. The summed E-state index contributed by atoms with van der Waals surface area (Å²) in [7, 11) is 1.57. The first kappa shape index (κ1) is 15.1. The third-order valence-corrected chi connectivity index (χ3v) is 3.86. The molecule has 6 nitrogen and oxygen atoms in total. The monoisotopic (exact) mass is 329 g/mol.